The van der Waals surface area contributed by atoms with Crippen molar-refractivity contribution < 1.29 is 18.0 Å². The monoisotopic (exact) mass is 317 g/mol. The molecular formula is C18H14F3NO. The van der Waals surface area contributed by atoms with E-state index in [1.165, 1.54) is 12.1 Å². The Hall–Kier alpha value is -2.56. The quantitative estimate of drug-likeness (QED) is 0.753. The molecule has 0 aromatic heterocycles. The molecule has 2 aromatic carbocycles. The van der Waals surface area contributed by atoms with Crippen LogP contribution >= 0.6 is 0 Å². The summed E-state index contributed by atoms with van der Waals surface area (Å²) >= 11 is 0. The van der Waals surface area contributed by atoms with Crippen molar-refractivity contribution in [1.82, 2.24) is 0 Å². The van der Waals surface area contributed by atoms with E-state index < -0.39 is 11.7 Å². The van der Waals surface area contributed by atoms with Gasteiger partial charge in [-0.3, -0.25) is 4.79 Å². The Morgan fingerprint density at radius 3 is 2.61 bits per heavy atom. The van der Waals surface area contributed by atoms with E-state index in [1.807, 2.05) is 12.1 Å². The molecule has 118 valence electrons. The number of hydrogen-bond donors (Lipinski definition) is 0. The molecule has 2 nitrogen and oxygen atoms in total. The van der Waals surface area contributed by atoms with Crippen LogP contribution in [-0.4, -0.2) is 12.5 Å². The first-order chi connectivity index (χ1) is 10.9. The van der Waals surface area contributed by atoms with Gasteiger partial charge in [0.05, 0.1) is 5.56 Å². The minimum Gasteiger partial charge on any atom is -0.308 e. The van der Waals surface area contributed by atoms with E-state index in [-0.39, 0.29) is 11.8 Å². The molecular weight excluding hydrogens is 303 g/mol. The van der Waals surface area contributed by atoms with Crippen LogP contribution in [0.1, 0.15) is 22.6 Å². The number of carbonyl (C=O) groups is 1. The van der Waals surface area contributed by atoms with Crippen molar-refractivity contribution in [2.45, 2.75) is 12.1 Å². The first kappa shape index (κ1) is 15.3. The second kappa shape index (κ2) is 5.57. The SMILES string of the molecule is C=CC(=O)N1C[C@H](c2cccc(C(F)(F)F)c2)c2ccccc21. The van der Waals surface area contributed by atoms with Gasteiger partial charge in [0, 0.05) is 18.2 Å². The lowest BCUT2D eigenvalue weighted by atomic mass is 9.92. The van der Waals surface area contributed by atoms with Crippen molar-refractivity contribution in [3.05, 3.63) is 77.9 Å². The summed E-state index contributed by atoms with van der Waals surface area (Å²) in [5.74, 6) is -0.538. The third kappa shape index (κ3) is 2.74. The van der Waals surface area contributed by atoms with Crippen molar-refractivity contribution in [2.75, 3.05) is 11.4 Å². The van der Waals surface area contributed by atoms with Crippen LogP contribution in [0.5, 0.6) is 0 Å². The van der Waals surface area contributed by atoms with Gasteiger partial charge in [-0.2, -0.15) is 13.2 Å². The van der Waals surface area contributed by atoms with Crippen molar-refractivity contribution in [3.8, 4) is 0 Å². The predicted octanol–water partition coefficient (Wildman–Crippen LogP) is 4.37. The lowest BCUT2D eigenvalue weighted by molar-refractivity contribution is -0.137. The lowest BCUT2D eigenvalue weighted by Crippen LogP contribution is -2.28. The molecule has 0 spiro atoms. The van der Waals surface area contributed by atoms with E-state index >= 15 is 0 Å². The molecule has 1 aliphatic heterocycles. The number of hydrogen-bond acceptors (Lipinski definition) is 1. The fourth-order valence-electron chi connectivity index (χ4n) is 2.94. The highest BCUT2D eigenvalue weighted by Gasteiger charge is 2.35. The van der Waals surface area contributed by atoms with E-state index in [4.69, 9.17) is 0 Å². The topological polar surface area (TPSA) is 20.3 Å². The molecule has 0 fully saturated rings. The highest BCUT2D eigenvalue weighted by Crippen LogP contribution is 2.41. The fraction of sp³-hybridized carbons (Fsp3) is 0.167. The fourth-order valence-corrected chi connectivity index (χ4v) is 2.94. The number of para-hydroxylation sites is 1. The Kier molecular flexibility index (Phi) is 3.72. The summed E-state index contributed by atoms with van der Waals surface area (Å²) in [4.78, 5) is 13.6. The van der Waals surface area contributed by atoms with Crippen molar-refractivity contribution in [1.29, 1.82) is 0 Å². The van der Waals surface area contributed by atoms with Gasteiger partial charge in [0.25, 0.3) is 0 Å². The van der Waals surface area contributed by atoms with Crippen LogP contribution in [-0.2, 0) is 11.0 Å². The predicted molar refractivity (Wildman–Crippen MR) is 82.3 cm³/mol. The number of carbonyl (C=O) groups excluding carboxylic acids is 1. The third-order valence-corrected chi connectivity index (χ3v) is 4.03. The molecule has 5 heteroatoms. The maximum atomic E-state index is 12.9. The standard InChI is InChI=1S/C18H14F3NO/c1-2-17(23)22-11-15(14-8-3-4-9-16(14)22)12-6-5-7-13(10-12)18(19,20)21/h2-10,15H,1,11H2/t15-/m1/s1. The minimum atomic E-state index is -4.38. The third-order valence-electron chi connectivity index (χ3n) is 4.03. The summed E-state index contributed by atoms with van der Waals surface area (Å²) in [5.41, 5.74) is 1.44. The maximum absolute atomic E-state index is 12.9. The second-order valence-corrected chi connectivity index (χ2v) is 5.39. The Morgan fingerprint density at radius 1 is 1.17 bits per heavy atom. The first-order valence-corrected chi connectivity index (χ1v) is 7.12. The molecule has 3 rings (SSSR count). The number of rotatable bonds is 2. The van der Waals surface area contributed by atoms with Crippen LogP contribution in [0, 0.1) is 0 Å². The highest BCUT2D eigenvalue weighted by atomic mass is 19.4. The van der Waals surface area contributed by atoms with Crippen LogP contribution < -0.4 is 4.90 Å². The zero-order chi connectivity index (χ0) is 16.6. The molecule has 0 saturated heterocycles. The van der Waals surface area contributed by atoms with Gasteiger partial charge < -0.3 is 4.90 Å². The molecule has 0 radical (unpaired) electrons. The van der Waals surface area contributed by atoms with Gasteiger partial charge in [0.1, 0.15) is 0 Å². The number of halogens is 3. The molecule has 1 atom stereocenters. The molecule has 0 aliphatic carbocycles. The summed E-state index contributed by atoms with van der Waals surface area (Å²) in [7, 11) is 0. The van der Waals surface area contributed by atoms with Gasteiger partial charge in [0.2, 0.25) is 5.91 Å². The number of amides is 1. The van der Waals surface area contributed by atoms with Crippen molar-refractivity contribution in [3.63, 3.8) is 0 Å². The van der Waals surface area contributed by atoms with Gasteiger partial charge in [-0.15, -0.1) is 0 Å². The number of anilines is 1. The molecule has 0 unspecified atom stereocenters. The highest BCUT2D eigenvalue weighted by molar-refractivity contribution is 6.03. The average molecular weight is 317 g/mol. The van der Waals surface area contributed by atoms with Gasteiger partial charge in [-0.1, -0.05) is 43.0 Å². The normalized spacial score (nSPS) is 17.0. The Labute approximate surface area is 131 Å². The van der Waals surface area contributed by atoms with Crippen LogP contribution in [0.25, 0.3) is 0 Å². The molecule has 0 saturated carbocycles. The van der Waals surface area contributed by atoms with E-state index in [2.05, 4.69) is 6.58 Å². The largest absolute Gasteiger partial charge is 0.416 e. The average Bonchev–Trinajstić information content (AvgIpc) is 2.93. The summed E-state index contributed by atoms with van der Waals surface area (Å²) in [6, 6.07) is 12.5. The first-order valence-electron chi connectivity index (χ1n) is 7.12. The smallest absolute Gasteiger partial charge is 0.308 e. The molecule has 23 heavy (non-hydrogen) atoms. The molecule has 1 heterocycles. The molecule has 2 aromatic rings. The van der Waals surface area contributed by atoms with Crippen LogP contribution in [0.2, 0.25) is 0 Å². The van der Waals surface area contributed by atoms with Gasteiger partial charge in [0.15, 0.2) is 0 Å². The maximum Gasteiger partial charge on any atom is 0.416 e. The van der Waals surface area contributed by atoms with Crippen LogP contribution in [0.3, 0.4) is 0 Å². The Bertz CT molecular complexity index is 767. The number of nitrogens with zero attached hydrogens (tertiary/aromatic N) is 1. The van der Waals surface area contributed by atoms with Gasteiger partial charge in [-0.25, -0.2) is 0 Å². The van der Waals surface area contributed by atoms with Gasteiger partial charge in [-0.05, 0) is 29.3 Å². The molecule has 0 bridgehead atoms. The van der Waals surface area contributed by atoms with E-state index in [0.29, 0.717) is 12.1 Å². The summed E-state index contributed by atoms with van der Waals surface area (Å²) in [5, 5.41) is 0. The van der Waals surface area contributed by atoms with Crippen LogP contribution in [0.4, 0.5) is 18.9 Å². The van der Waals surface area contributed by atoms with Gasteiger partial charge >= 0.3 is 6.18 Å². The number of fused-ring (bicyclic) bond motifs is 1. The van der Waals surface area contributed by atoms with Crippen LogP contribution in [0.15, 0.2) is 61.2 Å². The number of benzene rings is 2. The van der Waals surface area contributed by atoms with E-state index in [9.17, 15) is 18.0 Å². The van der Waals surface area contributed by atoms with E-state index in [0.717, 1.165) is 23.4 Å². The zero-order valence-corrected chi connectivity index (χ0v) is 12.2. The number of alkyl halides is 3. The Balaban J connectivity index is 2.05. The molecule has 1 aliphatic rings. The lowest BCUT2D eigenvalue weighted by Gasteiger charge is -2.16. The molecule has 1 amide bonds. The Morgan fingerprint density at radius 2 is 1.91 bits per heavy atom. The van der Waals surface area contributed by atoms with E-state index in [1.54, 1.807) is 23.1 Å². The van der Waals surface area contributed by atoms with Crippen molar-refractivity contribution in [2.24, 2.45) is 0 Å². The van der Waals surface area contributed by atoms with Crippen molar-refractivity contribution >= 4 is 11.6 Å². The summed E-state index contributed by atoms with van der Waals surface area (Å²) < 4.78 is 38.8. The summed E-state index contributed by atoms with van der Waals surface area (Å²) in [6.45, 7) is 3.79. The summed E-state index contributed by atoms with van der Waals surface area (Å²) in [6.07, 6.45) is -3.17. The second-order valence-electron chi connectivity index (χ2n) is 5.39. The molecule has 0 N–H and O–H groups in total. The minimum absolute atomic E-state index is 0.257. The zero-order valence-electron chi connectivity index (χ0n) is 12.2.